The number of sulfonamides is 1. The van der Waals surface area contributed by atoms with Gasteiger partial charge in [0, 0.05) is 23.2 Å². The first-order valence-electron chi connectivity index (χ1n) is 8.01. The number of rotatable bonds is 3. The van der Waals surface area contributed by atoms with Crippen LogP contribution in [0.2, 0.25) is 0 Å². The number of nitrogens with two attached hydrogens (primary N) is 1. The number of thiophene rings is 1. The van der Waals surface area contributed by atoms with Crippen molar-refractivity contribution in [2.75, 3.05) is 18.1 Å². The third-order valence-electron chi connectivity index (χ3n) is 4.33. The molecule has 1 aromatic heterocycles. The van der Waals surface area contributed by atoms with Crippen molar-refractivity contribution in [3.63, 3.8) is 0 Å². The van der Waals surface area contributed by atoms with Gasteiger partial charge in [-0.05, 0) is 44.2 Å². The third-order valence-corrected chi connectivity index (χ3v) is 7.28. The zero-order valence-corrected chi connectivity index (χ0v) is 16.6. The molecule has 0 fully saturated rings. The second kappa shape index (κ2) is 6.61. The normalized spacial score (nSPS) is 21.6. The van der Waals surface area contributed by atoms with Gasteiger partial charge < -0.3 is 11.1 Å². The van der Waals surface area contributed by atoms with Crippen LogP contribution in [0.1, 0.15) is 27.0 Å². The average molecular weight is 410 g/mol. The highest BCUT2D eigenvalue weighted by molar-refractivity contribution is 7.89. The molecule has 0 saturated carbocycles. The number of anilines is 1. The van der Waals surface area contributed by atoms with Crippen LogP contribution in [0.4, 0.5) is 10.1 Å². The first-order chi connectivity index (χ1) is 12.5. The second-order valence-electron chi connectivity index (χ2n) is 6.53. The number of aryl methyl sites for hydroxylation is 1. The average Bonchev–Trinajstić information content (AvgIpc) is 3.00. The Morgan fingerprint density at radius 3 is 2.67 bits per heavy atom. The van der Waals surface area contributed by atoms with Gasteiger partial charge in [-0.3, -0.25) is 4.79 Å². The summed E-state index contributed by atoms with van der Waals surface area (Å²) in [6.07, 6.45) is 0. The third kappa shape index (κ3) is 3.67. The minimum atomic E-state index is -3.73. The lowest BCUT2D eigenvalue weighted by Gasteiger charge is -2.34. The van der Waals surface area contributed by atoms with E-state index >= 15 is 0 Å². The van der Waals surface area contributed by atoms with E-state index in [1.165, 1.54) is 43.5 Å². The molecule has 27 heavy (non-hydrogen) atoms. The summed E-state index contributed by atoms with van der Waals surface area (Å²) in [5.74, 6) is -1.60. The summed E-state index contributed by atoms with van der Waals surface area (Å²) in [5, 5.41) is 2.70. The Morgan fingerprint density at radius 1 is 1.37 bits per heavy atom. The molecule has 10 heteroatoms. The molecule has 7 nitrogen and oxygen atoms in total. The van der Waals surface area contributed by atoms with E-state index in [0.29, 0.717) is 10.6 Å². The number of guanidine groups is 1. The van der Waals surface area contributed by atoms with Crippen molar-refractivity contribution < 1.29 is 17.6 Å². The summed E-state index contributed by atoms with van der Waals surface area (Å²) in [4.78, 5) is 18.0. The summed E-state index contributed by atoms with van der Waals surface area (Å²) in [6, 6.07) is 7.52. The molecule has 2 heterocycles. The van der Waals surface area contributed by atoms with Crippen LogP contribution in [0, 0.1) is 12.7 Å². The molecule has 0 bridgehead atoms. The number of carbonyl (C=O) groups excluding carboxylic acids is 1. The lowest BCUT2D eigenvalue weighted by atomic mass is 9.93. The van der Waals surface area contributed by atoms with E-state index in [2.05, 4.69) is 10.3 Å². The van der Waals surface area contributed by atoms with E-state index < -0.39 is 27.1 Å². The summed E-state index contributed by atoms with van der Waals surface area (Å²) < 4.78 is 40.0. The van der Waals surface area contributed by atoms with Gasteiger partial charge in [0.1, 0.15) is 11.4 Å². The number of nitrogens with one attached hydrogen (secondary N) is 1. The number of amides is 1. The van der Waals surface area contributed by atoms with Crippen molar-refractivity contribution in [1.82, 2.24) is 4.31 Å². The van der Waals surface area contributed by atoms with E-state index in [1.807, 2.05) is 13.0 Å². The highest BCUT2D eigenvalue weighted by Gasteiger charge is 2.41. The maximum atomic E-state index is 14.5. The molecule has 3 N–H and O–H groups in total. The first-order valence-corrected chi connectivity index (χ1v) is 10.4. The number of carbonyl (C=O) groups is 1. The maximum Gasteiger partial charge on any atom is 0.265 e. The monoisotopic (exact) mass is 410 g/mol. The van der Waals surface area contributed by atoms with Crippen LogP contribution >= 0.6 is 11.3 Å². The molecule has 144 valence electrons. The number of hydrogen-bond donors (Lipinski definition) is 2. The fourth-order valence-corrected chi connectivity index (χ4v) is 5.07. The number of hydrogen-bond acceptors (Lipinski definition) is 6. The molecular formula is C17H19FN4O3S2. The Bertz CT molecular complexity index is 1050. The standard InChI is InChI=1S/C17H19FN4O3S2/c1-10-4-7-14(26-10)15(23)20-11-5-6-13(18)12(8-11)17(2)9-27(24,25)22(3)16(19)21-17/h4-8H,9H2,1-3H3,(H2,19,21)(H,20,23)/t17-/m0/s1. The van der Waals surface area contributed by atoms with Crippen LogP contribution in [0.15, 0.2) is 35.3 Å². The van der Waals surface area contributed by atoms with Crippen LogP contribution in [0.25, 0.3) is 0 Å². The van der Waals surface area contributed by atoms with Gasteiger partial charge in [-0.15, -0.1) is 11.3 Å². The molecule has 2 aromatic rings. The molecule has 0 aliphatic carbocycles. The maximum absolute atomic E-state index is 14.5. The smallest absolute Gasteiger partial charge is 0.265 e. The fourth-order valence-electron chi connectivity index (χ4n) is 2.85. The molecule has 0 radical (unpaired) electrons. The Morgan fingerprint density at radius 2 is 2.07 bits per heavy atom. The van der Waals surface area contributed by atoms with Crippen LogP contribution in [0.3, 0.4) is 0 Å². The van der Waals surface area contributed by atoms with Crippen molar-refractivity contribution in [3.8, 4) is 0 Å². The molecule has 3 rings (SSSR count). The molecular weight excluding hydrogens is 391 g/mol. The topological polar surface area (TPSA) is 105 Å². The second-order valence-corrected chi connectivity index (χ2v) is 9.81. The predicted molar refractivity (Wildman–Crippen MR) is 104 cm³/mol. The quantitative estimate of drug-likeness (QED) is 0.810. The lowest BCUT2D eigenvalue weighted by molar-refractivity contribution is 0.103. The highest BCUT2D eigenvalue weighted by atomic mass is 32.2. The SMILES string of the molecule is Cc1ccc(C(=O)Nc2ccc(F)c([C@]3(C)CS(=O)(=O)N(C)C(N)=N3)c2)s1. The van der Waals surface area contributed by atoms with Crippen molar-refractivity contribution in [2.45, 2.75) is 19.4 Å². The van der Waals surface area contributed by atoms with E-state index in [0.717, 1.165) is 9.18 Å². The molecule has 1 atom stereocenters. The van der Waals surface area contributed by atoms with Crippen molar-refractivity contribution in [3.05, 3.63) is 51.5 Å². The Balaban J connectivity index is 1.97. The van der Waals surface area contributed by atoms with Crippen molar-refractivity contribution in [2.24, 2.45) is 10.7 Å². The predicted octanol–water partition coefficient (Wildman–Crippen LogP) is 2.25. The zero-order chi connectivity index (χ0) is 20.0. The Hall–Kier alpha value is -2.46. The molecule has 1 aromatic carbocycles. The van der Waals surface area contributed by atoms with Gasteiger partial charge in [0.25, 0.3) is 5.91 Å². The van der Waals surface area contributed by atoms with Crippen molar-refractivity contribution >= 4 is 38.9 Å². The molecule has 1 amide bonds. The lowest BCUT2D eigenvalue weighted by Crippen LogP contribution is -2.50. The summed E-state index contributed by atoms with van der Waals surface area (Å²) >= 11 is 1.34. The Labute approximate surface area is 160 Å². The van der Waals surface area contributed by atoms with Crippen molar-refractivity contribution in [1.29, 1.82) is 0 Å². The van der Waals surface area contributed by atoms with E-state index in [9.17, 15) is 17.6 Å². The molecule has 0 saturated heterocycles. The number of benzene rings is 1. The van der Waals surface area contributed by atoms with Gasteiger partial charge in [-0.1, -0.05) is 0 Å². The van der Waals surface area contributed by atoms with Gasteiger partial charge in [0.2, 0.25) is 16.0 Å². The molecule has 1 aliphatic rings. The molecule has 0 spiro atoms. The molecule has 0 unspecified atom stereocenters. The van der Waals surface area contributed by atoms with E-state index in [-0.39, 0.29) is 17.4 Å². The van der Waals surface area contributed by atoms with Gasteiger partial charge in [0.15, 0.2) is 0 Å². The number of halogens is 1. The fraction of sp³-hybridized carbons (Fsp3) is 0.294. The largest absolute Gasteiger partial charge is 0.369 e. The minimum Gasteiger partial charge on any atom is -0.369 e. The highest BCUT2D eigenvalue weighted by Crippen LogP contribution is 2.34. The Kier molecular flexibility index (Phi) is 4.73. The van der Waals surface area contributed by atoms with E-state index in [4.69, 9.17) is 5.73 Å². The van der Waals surface area contributed by atoms with Gasteiger partial charge in [-0.2, -0.15) is 0 Å². The summed E-state index contributed by atoms with van der Waals surface area (Å²) in [6.45, 7) is 3.39. The van der Waals surface area contributed by atoms with Gasteiger partial charge >= 0.3 is 0 Å². The van der Waals surface area contributed by atoms with Gasteiger partial charge in [0.05, 0.1) is 10.6 Å². The van der Waals surface area contributed by atoms with Crippen LogP contribution in [-0.2, 0) is 15.6 Å². The van der Waals surface area contributed by atoms with Crippen LogP contribution in [0.5, 0.6) is 0 Å². The zero-order valence-electron chi connectivity index (χ0n) is 15.0. The van der Waals surface area contributed by atoms with Crippen LogP contribution in [-0.4, -0.2) is 37.4 Å². The number of nitrogens with zero attached hydrogens (tertiary/aromatic N) is 2. The van der Waals surface area contributed by atoms with Crippen LogP contribution < -0.4 is 11.1 Å². The van der Waals surface area contributed by atoms with E-state index in [1.54, 1.807) is 6.07 Å². The minimum absolute atomic E-state index is 0.0438. The summed E-state index contributed by atoms with van der Waals surface area (Å²) in [5.41, 5.74) is 4.70. The van der Waals surface area contributed by atoms with Gasteiger partial charge in [-0.25, -0.2) is 22.1 Å². The number of aliphatic imine (C=N–C) groups is 1. The molecule has 1 aliphatic heterocycles. The first kappa shape index (κ1) is 19.3. The summed E-state index contributed by atoms with van der Waals surface area (Å²) in [7, 11) is -2.44.